The molecule has 3 amide bonds. The molecule has 1 fully saturated rings. The van der Waals surface area contributed by atoms with E-state index >= 15 is 0 Å². The molecular formula is C29H32N4O7S. The highest BCUT2D eigenvalue weighted by Crippen LogP contribution is 2.30. The molecule has 2 aromatic carbocycles. The van der Waals surface area contributed by atoms with E-state index in [-0.39, 0.29) is 18.6 Å². The van der Waals surface area contributed by atoms with Crippen molar-refractivity contribution in [2.45, 2.75) is 18.9 Å². The van der Waals surface area contributed by atoms with Crippen molar-refractivity contribution in [3.8, 4) is 5.75 Å². The van der Waals surface area contributed by atoms with E-state index in [1.165, 1.54) is 18.4 Å². The van der Waals surface area contributed by atoms with Crippen molar-refractivity contribution in [1.82, 2.24) is 10.2 Å². The predicted molar refractivity (Wildman–Crippen MR) is 155 cm³/mol. The third kappa shape index (κ3) is 8.21. The lowest BCUT2D eigenvalue weighted by Crippen LogP contribution is -2.35. The van der Waals surface area contributed by atoms with Gasteiger partial charge in [0, 0.05) is 36.6 Å². The van der Waals surface area contributed by atoms with Crippen molar-refractivity contribution >= 4 is 46.6 Å². The van der Waals surface area contributed by atoms with Crippen LogP contribution in [0.5, 0.6) is 5.75 Å². The summed E-state index contributed by atoms with van der Waals surface area (Å²) < 4.78 is 10.5. The zero-order chi connectivity index (χ0) is 29.2. The Morgan fingerprint density at radius 3 is 2.51 bits per heavy atom. The molecule has 0 spiro atoms. The molecule has 4 rings (SSSR count). The van der Waals surface area contributed by atoms with Crippen molar-refractivity contribution in [1.29, 1.82) is 0 Å². The number of ether oxygens (including phenoxy) is 2. The number of rotatable bonds is 10. The van der Waals surface area contributed by atoms with Crippen molar-refractivity contribution in [2.24, 2.45) is 0 Å². The van der Waals surface area contributed by atoms with Crippen LogP contribution >= 0.6 is 11.3 Å². The van der Waals surface area contributed by atoms with Gasteiger partial charge >= 0.3 is 12.1 Å². The van der Waals surface area contributed by atoms with Gasteiger partial charge in [0.05, 0.1) is 30.9 Å². The van der Waals surface area contributed by atoms with E-state index in [2.05, 4.69) is 10.6 Å². The van der Waals surface area contributed by atoms with Gasteiger partial charge in [-0.3, -0.25) is 14.4 Å². The summed E-state index contributed by atoms with van der Waals surface area (Å²) in [5.41, 5.74) is 1.34. The monoisotopic (exact) mass is 580 g/mol. The molecule has 0 radical (unpaired) electrons. The van der Waals surface area contributed by atoms with E-state index in [4.69, 9.17) is 9.47 Å². The summed E-state index contributed by atoms with van der Waals surface area (Å²) in [4.78, 5) is 54.1. The summed E-state index contributed by atoms with van der Waals surface area (Å²) in [5, 5.41) is 16.9. The molecule has 12 heteroatoms. The zero-order valence-electron chi connectivity index (χ0n) is 22.6. The van der Waals surface area contributed by atoms with E-state index in [9.17, 15) is 24.3 Å². The van der Waals surface area contributed by atoms with Gasteiger partial charge in [0.2, 0.25) is 0 Å². The minimum Gasteiger partial charge on any atom is -0.484 e. The van der Waals surface area contributed by atoms with Gasteiger partial charge in [-0.05, 0) is 48.2 Å². The van der Waals surface area contributed by atoms with Crippen LogP contribution in [0.25, 0.3) is 0 Å². The molecule has 0 saturated carbocycles. The largest absolute Gasteiger partial charge is 0.484 e. The van der Waals surface area contributed by atoms with Crippen LogP contribution in [-0.4, -0.2) is 73.8 Å². The first kappa shape index (κ1) is 29.4. The predicted octanol–water partition coefficient (Wildman–Crippen LogP) is 3.99. The Labute approximate surface area is 241 Å². The van der Waals surface area contributed by atoms with Gasteiger partial charge < -0.3 is 35.0 Å². The average Bonchev–Trinajstić information content (AvgIpc) is 3.40. The fourth-order valence-corrected chi connectivity index (χ4v) is 5.28. The van der Waals surface area contributed by atoms with Gasteiger partial charge in [0.1, 0.15) is 5.75 Å². The number of amides is 3. The van der Waals surface area contributed by atoms with E-state index in [0.29, 0.717) is 49.7 Å². The fraction of sp³-hybridized carbons (Fsp3) is 0.310. The Hall–Kier alpha value is -4.58. The quantitative estimate of drug-likeness (QED) is 0.327. The number of benzene rings is 2. The summed E-state index contributed by atoms with van der Waals surface area (Å²) in [6.45, 7) is 1.82. The van der Waals surface area contributed by atoms with Crippen LogP contribution in [0.2, 0.25) is 0 Å². The second-order valence-electron chi connectivity index (χ2n) is 9.32. The normalized spacial score (nSPS) is 14.0. The first-order valence-corrected chi connectivity index (χ1v) is 14.0. The van der Waals surface area contributed by atoms with Crippen LogP contribution in [0.15, 0.2) is 66.0 Å². The molecule has 216 valence electrons. The average molecular weight is 581 g/mol. The van der Waals surface area contributed by atoms with Gasteiger partial charge in [0.25, 0.3) is 11.8 Å². The molecule has 41 heavy (non-hydrogen) atoms. The van der Waals surface area contributed by atoms with Crippen LogP contribution in [0.4, 0.5) is 16.2 Å². The van der Waals surface area contributed by atoms with E-state index in [0.717, 1.165) is 4.88 Å². The number of hydrogen-bond acceptors (Lipinski definition) is 8. The number of para-hydroxylation sites is 1. The van der Waals surface area contributed by atoms with Crippen LogP contribution in [0.1, 0.15) is 34.1 Å². The Kier molecular flexibility index (Phi) is 10.2. The summed E-state index contributed by atoms with van der Waals surface area (Å²) in [6, 6.07) is 16.8. The van der Waals surface area contributed by atoms with Crippen molar-refractivity contribution in [3.05, 3.63) is 76.5 Å². The smallest absolute Gasteiger partial charge is 0.409 e. The minimum atomic E-state index is -1.03. The summed E-state index contributed by atoms with van der Waals surface area (Å²) in [5.74, 6) is -1.38. The lowest BCUT2D eigenvalue weighted by atomic mass is 10.1. The number of aliphatic carboxylic acids is 1. The minimum absolute atomic E-state index is 0.241. The molecule has 1 aromatic heterocycles. The molecule has 1 aliphatic heterocycles. The first-order chi connectivity index (χ1) is 19.8. The Morgan fingerprint density at radius 1 is 1.00 bits per heavy atom. The van der Waals surface area contributed by atoms with Gasteiger partial charge in [0.15, 0.2) is 6.61 Å². The maximum atomic E-state index is 13.3. The molecule has 0 bridgehead atoms. The number of anilines is 2. The Bertz CT molecular complexity index is 1350. The maximum Gasteiger partial charge on any atom is 0.409 e. The molecule has 2 heterocycles. The Balaban J connectivity index is 1.56. The molecule has 1 atom stereocenters. The standard InChI is InChI=1S/C29H32N4O7S/c1-39-29(38)33-13-6-12-32(14-15-33)24-11-10-20(28(37)31-23(18-27(35)36)25-9-5-16-41-25)17-22(24)30-26(34)19-40-21-7-3-2-4-8-21/h2-5,7-11,16-17,23H,6,12-15,18-19H2,1H3,(H,30,34)(H,31,37)(H,35,36). The van der Waals surface area contributed by atoms with Crippen molar-refractivity contribution in [3.63, 3.8) is 0 Å². The summed E-state index contributed by atoms with van der Waals surface area (Å²) in [7, 11) is 1.35. The highest BCUT2D eigenvalue weighted by atomic mass is 32.1. The molecule has 3 N–H and O–H groups in total. The molecule has 3 aromatic rings. The highest BCUT2D eigenvalue weighted by Gasteiger charge is 2.24. The lowest BCUT2D eigenvalue weighted by Gasteiger charge is -2.26. The lowest BCUT2D eigenvalue weighted by molar-refractivity contribution is -0.137. The summed E-state index contributed by atoms with van der Waals surface area (Å²) >= 11 is 1.36. The molecule has 1 unspecified atom stereocenters. The number of thiophene rings is 1. The van der Waals surface area contributed by atoms with Crippen LogP contribution in [0.3, 0.4) is 0 Å². The third-order valence-electron chi connectivity index (χ3n) is 6.49. The third-order valence-corrected chi connectivity index (χ3v) is 7.47. The SMILES string of the molecule is COC(=O)N1CCCN(c2ccc(C(=O)NC(CC(=O)O)c3cccs3)cc2NC(=O)COc2ccccc2)CC1. The number of methoxy groups -OCH3 is 1. The van der Waals surface area contributed by atoms with Gasteiger partial charge in [-0.1, -0.05) is 24.3 Å². The zero-order valence-corrected chi connectivity index (χ0v) is 23.4. The van der Waals surface area contributed by atoms with Crippen LogP contribution < -0.4 is 20.3 Å². The number of nitrogens with zero attached hydrogens (tertiary/aromatic N) is 2. The fourth-order valence-electron chi connectivity index (χ4n) is 4.50. The number of nitrogens with one attached hydrogen (secondary N) is 2. The highest BCUT2D eigenvalue weighted by molar-refractivity contribution is 7.10. The van der Waals surface area contributed by atoms with Crippen molar-refractivity contribution < 1.29 is 33.8 Å². The topological polar surface area (TPSA) is 138 Å². The van der Waals surface area contributed by atoms with Crippen LogP contribution in [0, 0.1) is 0 Å². The van der Waals surface area contributed by atoms with Gasteiger partial charge in [-0.25, -0.2) is 4.79 Å². The van der Waals surface area contributed by atoms with Gasteiger partial charge in [-0.15, -0.1) is 11.3 Å². The van der Waals surface area contributed by atoms with Gasteiger partial charge in [-0.2, -0.15) is 0 Å². The van der Waals surface area contributed by atoms with Crippen LogP contribution in [-0.2, 0) is 14.3 Å². The number of carbonyl (C=O) groups excluding carboxylic acids is 3. The second kappa shape index (κ2) is 14.2. The summed E-state index contributed by atoms with van der Waals surface area (Å²) in [6.07, 6.45) is 0.0153. The molecule has 1 aliphatic rings. The molecule has 11 nitrogen and oxygen atoms in total. The number of carbonyl (C=O) groups is 4. The molecule has 1 saturated heterocycles. The van der Waals surface area contributed by atoms with E-state index in [1.54, 1.807) is 59.5 Å². The van der Waals surface area contributed by atoms with Crippen molar-refractivity contribution in [2.75, 3.05) is 50.1 Å². The number of carboxylic acids is 1. The van der Waals surface area contributed by atoms with E-state index < -0.39 is 29.9 Å². The number of carboxylic acid groups (broad SMARTS) is 1. The Morgan fingerprint density at radius 2 is 1.80 bits per heavy atom. The second-order valence-corrected chi connectivity index (χ2v) is 10.3. The molecule has 0 aliphatic carbocycles. The van der Waals surface area contributed by atoms with E-state index in [1.807, 2.05) is 16.3 Å². The maximum absolute atomic E-state index is 13.3. The molecular weight excluding hydrogens is 548 g/mol. The first-order valence-electron chi connectivity index (χ1n) is 13.1. The number of hydrogen-bond donors (Lipinski definition) is 3.